The fourth-order valence-electron chi connectivity index (χ4n) is 2.71. The first-order valence-corrected chi connectivity index (χ1v) is 8.51. The predicted molar refractivity (Wildman–Crippen MR) is 105 cm³/mol. The lowest BCUT2D eigenvalue weighted by atomic mass is 10.2. The average Bonchev–Trinajstić information content (AvgIpc) is 2.95. The number of rotatable bonds is 4. The molecule has 3 aromatic rings. The first kappa shape index (κ1) is 17.1. The number of hydrogen-bond donors (Lipinski definition) is 1. The number of nitrogens with zero attached hydrogens (tertiary/aromatic N) is 5. The highest BCUT2D eigenvalue weighted by Crippen LogP contribution is 2.30. The topological polar surface area (TPSA) is 66.3 Å². The van der Waals surface area contributed by atoms with Crippen molar-refractivity contribution in [3.05, 3.63) is 78.0 Å². The van der Waals surface area contributed by atoms with Gasteiger partial charge in [-0.2, -0.15) is 0 Å². The molecule has 0 radical (unpaired) electrons. The Morgan fingerprint density at radius 1 is 1.07 bits per heavy atom. The Labute approximate surface area is 159 Å². The van der Waals surface area contributed by atoms with Crippen LogP contribution in [0.2, 0.25) is 5.02 Å². The zero-order chi connectivity index (χ0) is 18.6. The van der Waals surface area contributed by atoms with Crippen molar-refractivity contribution in [1.29, 1.82) is 0 Å². The van der Waals surface area contributed by atoms with Gasteiger partial charge in [-0.3, -0.25) is 19.9 Å². The maximum Gasteiger partial charge on any atom is 0.167 e. The zero-order valence-corrected chi connectivity index (χ0v) is 14.8. The summed E-state index contributed by atoms with van der Waals surface area (Å²) in [5.74, 6) is -0.452. The minimum Gasteiger partial charge on any atom is -0.378 e. The van der Waals surface area contributed by atoms with Gasteiger partial charge in [0.25, 0.3) is 0 Å². The molecule has 0 bridgehead atoms. The van der Waals surface area contributed by atoms with E-state index in [1.54, 1.807) is 60.4 Å². The van der Waals surface area contributed by atoms with E-state index < -0.39 is 5.82 Å². The molecule has 1 aliphatic heterocycles. The number of nitrogens with one attached hydrogen (secondary N) is 1. The van der Waals surface area contributed by atoms with Crippen molar-refractivity contribution in [2.75, 3.05) is 10.2 Å². The molecule has 0 aliphatic carbocycles. The van der Waals surface area contributed by atoms with Crippen LogP contribution in [0.25, 0.3) is 11.0 Å². The maximum atomic E-state index is 14.5. The van der Waals surface area contributed by atoms with E-state index >= 15 is 0 Å². The second-order valence-corrected chi connectivity index (χ2v) is 6.11. The zero-order valence-electron chi connectivity index (χ0n) is 14.0. The van der Waals surface area contributed by atoms with Crippen LogP contribution >= 0.6 is 11.6 Å². The molecule has 1 aromatic carbocycles. The summed E-state index contributed by atoms with van der Waals surface area (Å²) in [6.45, 7) is 0.376. The molecule has 0 saturated heterocycles. The molecule has 0 fully saturated rings. The van der Waals surface area contributed by atoms with E-state index in [9.17, 15) is 4.39 Å². The Hall–Kier alpha value is -3.32. The fourth-order valence-corrected chi connectivity index (χ4v) is 2.94. The van der Waals surface area contributed by atoms with Gasteiger partial charge in [-0.15, -0.1) is 0 Å². The number of halogens is 2. The van der Waals surface area contributed by atoms with Gasteiger partial charge in [0.15, 0.2) is 5.82 Å². The highest BCUT2D eigenvalue weighted by Gasteiger charge is 2.15. The molecule has 0 spiro atoms. The van der Waals surface area contributed by atoms with Crippen LogP contribution in [0.5, 0.6) is 0 Å². The number of benzene rings is 1. The molecule has 3 heterocycles. The third-order valence-corrected chi connectivity index (χ3v) is 4.32. The van der Waals surface area contributed by atoms with Crippen molar-refractivity contribution in [2.24, 2.45) is 4.99 Å². The van der Waals surface area contributed by atoms with Gasteiger partial charge in [0.05, 0.1) is 29.1 Å². The summed E-state index contributed by atoms with van der Waals surface area (Å²) in [4.78, 5) is 18.1. The second kappa shape index (κ2) is 7.51. The lowest BCUT2D eigenvalue weighted by Crippen LogP contribution is -2.13. The molecule has 1 aliphatic rings. The molecule has 134 valence electrons. The SMILES string of the molecule is Fc1cncc(NCc2cc3nccnc3cc2Cl)c1N1C=CC=NC=C1. The highest BCUT2D eigenvalue weighted by molar-refractivity contribution is 6.32. The number of hydrogen-bond acceptors (Lipinski definition) is 6. The van der Waals surface area contributed by atoms with Crippen LogP contribution in [0, 0.1) is 5.82 Å². The smallest absolute Gasteiger partial charge is 0.167 e. The highest BCUT2D eigenvalue weighted by atomic mass is 35.5. The summed E-state index contributed by atoms with van der Waals surface area (Å²) in [6.07, 6.45) is 14.3. The first-order chi connectivity index (χ1) is 13.2. The molecule has 8 heteroatoms. The van der Waals surface area contributed by atoms with Crippen molar-refractivity contribution in [2.45, 2.75) is 6.54 Å². The van der Waals surface area contributed by atoms with Crippen LogP contribution in [0.3, 0.4) is 0 Å². The minimum absolute atomic E-state index is 0.347. The summed E-state index contributed by atoms with van der Waals surface area (Å²) in [5.41, 5.74) is 3.16. The monoisotopic (exact) mass is 380 g/mol. The summed E-state index contributed by atoms with van der Waals surface area (Å²) >= 11 is 6.36. The van der Waals surface area contributed by atoms with Crippen molar-refractivity contribution < 1.29 is 4.39 Å². The molecule has 1 N–H and O–H groups in total. The Balaban J connectivity index is 1.64. The summed E-state index contributed by atoms with van der Waals surface area (Å²) in [6, 6.07) is 3.63. The minimum atomic E-state index is -0.452. The maximum absolute atomic E-state index is 14.5. The molecule has 6 nitrogen and oxygen atoms in total. The van der Waals surface area contributed by atoms with E-state index in [1.807, 2.05) is 6.07 Å². The Morgan fingerprint density at radius 3 is 2.74 bits per heavy atom. The summed E-state index contributed by atoms with van der Waals surface area (Å²) in [5, 5.41) is 3.77. The predicted octanol–water partition coefficient (Wildman–Crippen LogP) is 4.31. The first-order valence-electron chi connectivity index (χ1n) is 8.14. The Morgan fingerprint density at radius 2 is 1.89 bits per heavy atom. The Bertz CT molecular complexity index is 1060. The van der Waals surface area contributed by atoms with Gasteiger partial charge >= 0.3 is 0 Å². The van der Waals surface area contributed by atoms with Crippen LogP contribution in [0.1, 0.15) is 5.56 Å². The van der Waals surface area contributed by atoms with E-state index in [4.69, 9.17) is 11.6 Å². The van der Waals surface area contributed by atoms with Gasteiger partial charge in [-0.1, -0.05) is 11.6 Å². The number of aliphatic imine (C=N–C) groups is 1. The molecular formula is C19H14ClFN6. The molecule has 2 aromatic heterocycles. The van der Waals surface area contributed by atoms with Crippen LogP contribution in [-0.4, -0.2) is 21.2 Å². The lowest BCUT2D eigenvalue weighted by molar-refractivity contribution is 0.622. The van der Waals surface area contributed by atoms with Gasteiger partial charge in [-0.05, 0) is 23.8 Å². The molecular weight excluding hydrogens is 367 g/mol. The second-order valence-electron chi connectivity index (χ2n) is 5.70. The van der Waals surface area contributed by atoms with Crippen LogP contribution in [0.15, 0.2) is 66.6 Å². The number of aromatic nitrogens is 3. The van der Waals surface area contributed by atoms with E-state index in [-0.39, 0.29) is 0 Å². The summed E-state index contributed by atoms with van der Waals surface area (Å²) in [7, 11) is 0. The summed E-state index contributed by atoms with van der Waals surface area (Å²) < 4.78 is 14.5. The lowest BCUT2D eigenvalue weighted by Gasteiger charge is -2.20. The molecule has 0 atom stereocenters. The van der Waals surface area contributed by atoms with E-state index in [0.29, 0.717) is 22.9 Å². The normalized spacial score (nSPS) is 13.2. The molecule has 27 heavy (non-hydrogen) atoms. The van der Waals surface area contributed by atoms with E-state index in [0.717, 1.165) is 16.6 Å². The van der Waals surface area contributed by atoms with Crippen molar-refractivity contribution in [1.82, 2.24) is 15.0 Å². The Kier molecular flexibility index (Phi) is 4.76. The molecule has 4 rings (SSSR count). The largest absolute Gasteiger partial charge is 0.378 e. The molecule has 0 saturated carbocycles. The quantitative estimate of drug-likeness (QED) is 0.730. The molecule has 0 amide bonds. The third-order valence-electron chi connectivity index (χ3n) is 3.97. The van der Waals surface area contributed by atoms with Gasteiger partial charge in [0, 0.05) is 48.8 Å². The van der Waals surface area contributed by atoms with E-state index in [1.165, 1.54) is 6.20 Å². The standard InChI is InChI=1S/C19H14ClFN6/c20-14-9-17-16(24-3-4-25-17)8-13(14)10-26-18-12-23-11-15(21)19(18)27-6-1-2-22-5-7-27/h1-9,11-12,26H,10H2. The van der Waals surface area contributed by atoms with Gasteiger partial charge in [0.1, 0.15) is 5.69 Å². The van der Waals surface area contributed by atoms with Crippen molar-refractivity contribution in [3.8, 4) is 0 Å². The van der Waals surface area contributed by atoms with Crippen LogP contribution in [-0.2, 0) is 6.54 Å². The van der Waals surface area contributed by atoms with Gasteiger partial charge in [0.2, 0.25) is 0 Å². The van der Waals surface area contributed by atoms with Gasteiger partial charge < -0.3 is 10.2 Å². The van der Waals surface area contributed by atoms with E-state index in [2.05, 4.69) is 25.3 Å². The fraction of sp³-hybridized carbons (Fsp3) is 0.0526. The number of fused-ring (bicyclic) bond motifs is 1. The third kappa shape index (κ3) is 3.63. The van der Waals surface area contributed by atoms with Crippen molar-refractivity contribution >= 4 is 40.2 Å². The van der Waals surface area contributed by atoms with Gasteiger partial charge in [-0.25, -0.2) is 4.39 Å². The van der Waals surface area contributed by atoms with Crippen molar-refractivity contribution in [3.63, 3.8) is 0 Å². The number of allylic oxidation sites excluding steroid dienone is 1. The van der Waals surface area contributed by atoms with Crippen LogP contribution < -0.4 is 10.2 Å². The average molecular weight is 381 g/mol. The van der Waals surface area contributed by atoms with Crippen LogP contribution in [0.4, 0.5) is 15.8 Å². The number of anilines is 2. The molecule has 0 unspecified atom stereocenters. The number of pyridine rings is 1.